The van der Waals surface area contributed by atoms with E-state index in [1.54, 1.807) is 12.4 Å². The summed E-state index contributed by atoms with van der Waals surface area (Å²) in [5.41, 5.74) is 2.96. The lowest BCUT2D eigenvalue weighted by Gasteiger charge is -2.24. The summed E-state index contributed by atoms with van der Waals surface area (Å²) in [6.07, 6.45) is 4.17. The van der Waals surface area contributed by atoms with E-state index < -0.39 is 42.0 Å². The fourth-order valence-corrected chi connectivity index (χ4v) is 4.28. The lowest BCUT2D eigenvalue weighted by Crippen LogP contribution is -2.56. The number of methoxy groups -OCH3 is 1. The highest BCUT2D eigenvalue weighted by molar-refractivity contribution is 5.94. The summed E-state index contributed by atoms with van der Waals surface area (Å²) in [7, 11) is 1.22. The maximum Gasteiger partial charge on any atom is 0.408 e. The number of esters is 1. The zero-order valence-electron chi connectivity index (χ0n) is 22.7. The molecule has 0 bridgehead atoms. The van der Waals surface area contributed by atoms with E-state index in [0.29, 0.717) is 5.69 Å². The average molecular weight is 561 g/mol. The number of H-pyrrole nitrogens is 2. The molecule has 2 heterocycles. The number of nitrogens with zero attached hydrogens (tertiary/aromatic N) is 1. The van der Waals surface area contributed by atoms with Gasteiger partial charge in [-0.2, -0.15) is 0 Å². The van der Waals surface area contributed by atoms with Crippen LogP contribution >= 0.6 is 0 Å². The number of aromatic nitrogens is 3. The first kappa shape index (κ1) is 28.9. The largest absolute Gasteiger partial charge is 0.467 e. The summed E-state index contributed by atoms with van der Waals surface area (Å²) in [5.74, 6) is -1.85. The van der Waals surface area contributed by atoms with E-state index in [0.717, 1.165) is 22.0 Å². The minimum Gasteiger partial charge on any atom is -0.467 e. The number of fused-ring (bicyclic) bond motifs is 1. The number of carbonyl (C=O) groups excluding carboxylic acids is 4. The second kappa shape index (κ2) is 13.8. The number of rotatable bonds is 12. The Balaban J connectivity index is 1.52. The Labute approximate surface area is 236 Å². The van der Waals surface area contributed by atoms with Crippen LogP contribution in [0.3, 0.4) is 0 Å². The molecule has 3 atom stereocenters. The van der Waals surface area contributed by atoms with Gasteiger partial charge in [-0.1, -0.05) is 48.5 Å². The summed E-state index contributed by atoms with van der Waals surface area (Å²) in [6.45, 7) is 1.50. The van der Waals surface area contributed by atoms with Crippen molar-refractivity contribution in [2.24, 2.45) is 0 Å². The van der Waals surface area contributed by atoms with Gasteiger partial charge < -0.3 is 35.4 Å². The number of aromatic amines is 2. The van der Waals surface area contributed by atoms with Crippen molar-refractivity contribution in [3.05, 3.63) is 90.1 Å². The van der Waals surface area contributed by atoms with Crippen LogP contribution in [0.15, 0.2) is 73.3 Å². The third-order valence-electron chi connectivity index (χ3n) is 6.43. The van der Waals surface area contributed by atoms with E-state index in [-0.39, 0.29) is 19.4 Å². The van der Waals surface area contributed by atoms with Crippen LogP contribution in [0.4, 0.5) is 4.79 Å². The Bertz CT molecular complexity index is 1470. The topological polar surface area (TPSA) is 167 Å². The molecule has 2 aromatic carbocycles. The van der Waals surface area contributed by atoms with Gasteiger partial charge in [0.1, 0.15) is 24.7 Å². The van der Waals surface area contributed by atoms with Crippen molar-refractivity contribution in [3.8, 4) is 0 Å². The standard InChI is InChI=1S/C29H32N6O6/c1-18(28(38)40-2)33-26(36)24(12-20-14-31-23-11-7-6-10-22(20)23)34-27(37)25(13-21-15-30-17-32-21)35-29(39)41-16-19-8-4-3-5-9-19/h3-11,14-15,17-18,24-25,31H,12-13,16H2,1-2H3,(H,30,32)(H,33,36)(H,34,37)(H,35,39)/t18?,24-,25?/m1/s1. The molecule has 4 rings (SSSR count). The van der Waals surface area contributed by atoms with Crippen molar-refractivity contribution >= 4 is 34.8 Å². The Hall–Kier alpha value is -5.13. The minimum absolute atomic E-state index is 0.0143. The normalized spacial score (nSPS) is 13.0. The van der Waals surface area contributed by atoms with Gasteiger partial charge in [0.2, 0.25) is 11.8 Å². The molecule has 5 N–H and O–H groups in total. The number of amides is 3. The number of alkyl carbamates (subject to hydrolysis) is 1. The number of hydrogen-bond acceptors (Lipinski definition) is 7. The SMILES string of the molecule is COC(=O)C(C)NC(=O)[C@@H](Cc1c[nH]c2ccccc12)NC(=O)C(Cc1c[nH]cn1)NC(=O)OCc1ccccc1. The molecular formula is C29H32N6O6. The molecule has 0 aliphatic heterocycles. The van der Waals surface area contributed by atoms with E-state index >= 15 is 0 Å². The van der Waals surface area contributed by atoms with Gasteiger partial charge in [-0.15, -0.1) is 0 Å². The van der Waals surface area contributed by atoms with E-state index in [4.69, 9.17) is 9.47 Å². The van der Waals surface area contributed by atoms with E-state index in [1.807, 2.05) is 54.6 Å². The zero-order chi connectivity index (χ0) is 29.2. The Kier molecular flexibility index (Phi) is 9.71. The third-order valence-corrected chi connectivity index (χ3v) is 6.43. The quantitative estimate of drug-likeness (QED) is 0.165. The smallest absolute Gasteiger partial charge is 0.408 e. The Morgan fingerprint density at radius 3 is 2.32 bits per heavy atom. The molecule has 0 spiro atoms. The number of imidazole rings is 1. The van der Waals surface area contributed by atoms with Crippen molar-refractivity contribution < 1.29 is 28.7 Å². The molecule has 0 fully saturated rings. The van der Waals surface area contributed by atoms with Gasteiger partial charge in [0.25, 0.3) is 0 Å². The van der Waals surface area contributed by atoms with Gasteiger partial charge in [-0.25, -0.2) is 14.6 Å². The molecule has 0 saturated carbocycles. The van der Waals surface area contributed by atoms with Crippen LogP contribution in [0.25, 0.3) is 10.9 Å². The number of para-hydroxylation sites is 1. The molecule has 0 aliphatic rings. The summed E-state index contributed by atoms with van der Waals surface area (Å²) in [4.78, 5) is 61.6. The lowest BCUT2D eigenvalue weighted by molar-refractivity contribution is -0.144. The highest BCUT2D eigenvalue weighted by Crippen LogP contribution is 2.19. The van der Waals surface area contributed by atoms with Crippen LogP contribution in [0, 0.1) is 0 Å². The number of nitrogens with one attached hydrogen (secondary N) is 5. The average Bonchev–Trinajstić information content (AvgIpc) is 3.65. The van der Waals surface area contributed by atoms with Gasteiger partial charge in [0.05, 0.1) is 19.1 Å². The van der Waals surface area contributed by atoms with Crippen molar-refractivity contribution in [1.82, 2.24) is 30.9 Å². The second-order valence-corrected chi connectivity index (χ2v) is 9.40. The van der Waals surface area contributed by atoms with Crippen molar-refractivity contribution in [1.29, 1.82) is 0 Å². The molecule has 41 heavy (non-hydrogen) atoms. The highest BCUT2D eigenvalue weighted by atomic mass is 16.5. The predicted octanol–water partition coefficient (Wildman–Crippen LogP) is 2.13. The number of ether oxygens (including phenoxy) is 2. The maximum atomic E-state index is 13.6. The number of benzene rings is 2. The third kappa shape index (κ3) is 7.94. The predicted molar refractivity (Wildman–Crippen MR) is 149 cm³/mol. The van der Waals surface area contributed by atoms with Gasteiger partial charge >= 0.3 is 12.1 Å². The maximum absolute atomic E-state index is 13.6. The molecule has 12 nitrogen and oxygen atoms in total. The molecule has 0 radical (unpaired) electrons. The van der Waals surface area contributed by atoms with Crippen molar-refractivity contribution in [2.45, 2.75) is 44.5 Å². The summed E-state index contributed by atoms with van der Waals surface area (Å²) < 4.78 is 10.0. The van der Waals surface area contributed by atoms with Crippen LogP contribution in [0.2, 0.25) is 0 Å². The second-order valence-electron chi connectivity index (χ2n) is 9.40. The monoisotopic (exact) mass is 560 g/mol. The molecule has 3 amide bonds. The molecule has 2 aromatic heterocycles. The molecule has 12 heteroatoms. The Morgan fingerprint density at radius 1 is 0.878 bits per heavy atom. The molecule has 2 unspecified atom stereocenters. The number of hydrogen-bond donors (Lipinski definition) is 5. The van der Waals surface area contributed by atoms with Gasteiger partial charge in [-0.3, -0.25) is 9.59 Å². The first-order valence-corrected chi connectivity index (χ1v) is 13.0. The minimum atomic E-state index is -1.11. The van der Waals surface area contributed by atoms with Crippen LogP contribution < -0.4 is 16.0 Å². The Morgan fingerprint density at radius 2 is 1.59 bits per heavy atom. The van der Waals surface area contributed by atoms with E-state index in [1.165, 1.54) is 20.4 Å². The fraction of sp³-hybridized carbons (Fsp3) is 0.276. The summed E-state index contributed by atoms with van der Waals surface area (Å²) >= 11 is 0. The zero-order valence-corrected chi connectivity index (χ0v) is 22.7. The van der Waals surface area contributed by atoms with Gasteiger partial charge in [0.15, 0.2) is 0 Å². The van der Waals surface area contributed by atoms with Crippen LogP contribution in [0.1, 0.15) is 23.7 Å². The van der Waals surface area contributed by atoms with E-state index in [2.05, 4.69) is 30.9 Å². The van der Waals surface area contributed by atoms with Crippen molar-refractivity contribution in [2.75, 3.05) is 7.11 Å². The summed E-state index contributed by atoms with van der Waals surface area (Å²) in [5, 5.41) is 8.81. The van der Waals surface area contributed by atoms with Gasteiger partial charge in [0, 0.05) is 36.1 Å². The first-order chi connectivity index (χ1) is 19.8. The molecular weight excluding hydrogens is 528 g/mol. The molecule has 214 valence electrons. The lowest BCUT2D eigenvalue weighted by atomic mass is 10.0. The van der Waals surface area contributed by atoms with Gasteiger partial charge in [-0.05, 0) is 24.1 Å². The van der Waals surface area contributed by atoms with Crippen LogP contribution in [-0.4, -0.2) is 64.1 Å². The van der Waals surface area contributed by atoms with Crippen LogP contribution in [-0.2, 0) is 43.3 Å². The van der Waals surface area contributed by atoms with Crippen LogP contribution in [0.5, 0.6) is 0 Å². The summed E-state index contributed by atoms with van der Waals surface area (Å²) in [6, 6.07) is 13.5. The molecule has 0 saturated heterocycles. The number of carbonyl (C=O) groups is 4. The van der Waals surface area contributed by atoms with E-state index in [9.17, 15) is 19.2 Å². The first-order valence-electron chi connectivity index (χ1n) is 13.0. The molecule has 0 aliphatic carbocycles. The highest BCUT2D eigenvalue weighted by Gasteiger charge is 2.30. The molecule has 4 aromatic rings. The van der Waals surface area contributed by atoms with Crippen molar-refractivity contribution in [3.63, 3.8) is 0 Å². The fourth-order valence-electron chi connectivity index (χ4n) is 4.28.